The van der Waals surface area contributed by atoms with Crippen LogP contribution in [0.25, 0.3) is 0 Å². The van der Waals surface area contributed by atoms with Gasteiger partial charge in [-0.05, 0) is 5.56 Å². The molecule has 0 unspecified atom stereocenters. The number of hydrogen-bond acceptors (Lipinski definition) is 3. The topological polar surface area (TPSA) is 76.0 Å². The zero-order valence-corrected chi connectivity index (χ0v) is 10.1. The fourth-order valence-corrected chi connectivity index (χ4v) is 2.01. The Labute approximate surface area is 109 Å². The van der Waals surface area contributed by atoms with Crippen molar-refractivity contribution in [1.29, 1.82) is 0 Å². The smallest absolute Gasteiger partial charge is 0.320 e. The van der Waals surface area contributed by atoms with Crippen molar-refractivity contribution in [1.82, 2.24) is 14.9 Å². The standard InChI is InChI=1S/C13H12N4O2/c18-10-6-14-13(19)16-12-11(10)15-8-17(12)7-9-4-2-1-3-5-9/h1-5,8H,6-7H2,(H2,14,16,19). The summed E-state index contributed by atoms with van der Waals surface area (Å²) in [6.45, 7) is 0.526. The first-order valence-corrected chi connectivity index (χ1v) is 5.91. The van der Waals surface area contributed by atoms with E-state index in [4.69, 9.17) is 0 Å². The fourth-order valence-electron chi connectivity index (χ4n) is 2.01. The van der Waals surface area contributed by atoms with Gasteiger partial charge >= 0.3 is 6.03 Å². The molecule has 0 spiro atoms. The highest BCUT2D eigenvalue weighted by atomic mass is 16.2. The molecule has 0 saturated carbocycles. The van der Waals surface area contributed by atoms with E-state index in [0.717, 1.165) is 5.56 Å². The fraction of sp³-hybridized carbons (Fsp3) is 0.154. The number of carbonyl (C=O) groups is 2. The van der Waals surface area contributed by atoms with Crippen LogP contribution in [0.15, 0.2) is 36.7 Å². The number of fused-ring (bicyclic) bond motifs is 1. The molecule has 1 aromatic heterocycles. The van der Waals surface area contributed by atoms with Gasteiger partial charge in [-0.15, -0.1) is 0 Å². The van der Waals surface area contributed by atoms with E-state index in [0.29, 0.717) is 18.1 Å². The molecule has 2 aromatic rings. The highest BCUT2D eigenvalue weighted by Gasteiger charge is 2.23. The van der Waals surface area contributed by atoms with E-state index in [1.165, 1.54) is 0 Å². The molecule has 0 saturated heterocycles. The summed E-state index contributed by atoms with van der Waals surface area (Å²) in [5.41, 5.74) is 1.37. The van der Waals surface area contributed by atoms with Crippen LogP contribution in [-0.4, -0.2) is 27.9 Å². The van der Waals surface area contributed by atoms with Gasteiger partial charge in [-0.3, -0.25) is 10.1 Å². The number of anilines is 1. The average Bonchev–Trinajstić information content (AvgIpc) is 2.73. The maximum atomic E-state index is 11.8. The minimum absolute atomic E-state index is 0.0266. The van der Waals surface area contributed by atoms with Gasteiger partial charge in [-0.1, -0.05) is 30.3 Å². The van der Waals surface area contributed by atoms with Crippen molar-refractivity contribution in [3.05, 3.63) is 47.9 Å². The molecule has 2 N–H and O–H groups in total. The summed E-state index contributed by atoms with van der Waals surface area (Å²) >= 11 is 0. The lowest BCUT2D eigenvalue weighted by Gasteiger charge is -2.08. The second kappa shape index (κ2) is 4.56. The Morgan fingerprint density at radius 3 is 2.79 bits per heavy atom. The molecule has 6 heteroatoms. The molecule has 19 heavy (non-hydrogen) atoms. The number of nitrogens with one attached hydrogen (secondary N) is 2. The highest BCUT2D eigenvalue weighted by molar-refractivity contribution is 6.07. The molecule has 1 aliphatic heterocycles. The summed E-state index contributed by atoms with van der Waals surface area (Å²) in [4.78, 5) is 27.4. The van der Waals surface area contributed by atoms with E-state index >= 15 is 0 Å². The van der Waals surface area contributed by atoms with E-state index < -0.39 is 0 Å². The van der Waals surface area contributed by atoms with E-state index in [-0.39, 0.29) is 18.4 Å². The first-order valence-electron chi connectivity index (χ1n) is 5.91. The number of imidazole rings is 1. The van der Waals surface area contributed by atoms with Crippen molar-refractivity contribution in [2.45, 2.75) is 6.54 Å². The van der Waals surface area contributed by atoms with Crippen molar-refractivity contribution in [2.24, 2.45) is 0 Å². The average molecular weight is 256 g/mol. The number of nitrogens with zero attached hydrogens (tertiary/aromatic N) is 2. The van der Waals surface area contributed by atoms with Crippen LogP contribution in [0, 0.1) is 0 Å². The molecule has 2 heterocycles. The summed E-state index contributed by atoms with van der Waals surface area (Å²) < 4.78 is 1.76. The van der Waals surface area contributed by atoms with Crippen molar-refractivity contribution in [2.75, 3.05) is 11.9 Å². The summed E-state index contributed by atoms with van der Waals surface area (Å²) in [6, 6.07) is 9.39. The third-order valence-corrected chi connectivity index (χ3v) is 2.94. The van der Waals surface area contributed by atoms with Crippen LogP contribution < -0.4 is 10.6 Å². The van der Waals surface area contributed by atoms with Crippen molar-refractivity contribution >= 4 is 17.6 Å². The first kappa shape index (κ1) is 11.5. The zero-order chi connectivity index (χ0) is 13.2. The van der Waals surface area contributed by atoms with Crippen LogP contribution >= 0.6 is 0 Å². The van der Waals surface area contributed by atoms with Crippen LogP contribution in [-0.2, 0) is 6.54 Å². The van der Waals surface area contributed by atoms with Crippen LogP contribution in [0.3, 0.4) is 0 Å². The van der Waals surface area contributed by atoms with Crippen molar-refractivity contribution in [3.63, 3.8) is 0 Å². The van der Waals surface area contributed by atoms with Gasteiger partial charge in [-0.2, -0.15) is 0 Å². The summed E-state index contributed by atoms with van der Waals surface area (Å²) in [5, 5.41) is 5.12. The molecule has 0 fully saturated rings. The Balaban J connectivity index is 1.96. The number of Topliss-reactive ketones (excluding diaryl/α,β-unsaturated/α-hetero) is 1. The van der Waals surface area contributed by atoms with Gasteiger partial charge in [-0.25, -0.2) is 9.78 Å². The summed E-state index contributed by atoms with van der Waals surface area (Å²) in [7, 11) is 0. The Kier molecular flexibility index (Phi) is 2.75. The lowest BCUT2D eigenvalue weighted by Crippen LogP contribution is -2.30. The maximum Gasteiger partial charge on any atom is 0.320 e. The van der Waals surface area contributed by atoms with E-state index in [1.54, 1.807) is 10.9 Å². The zero-order valence-electron chi connectivity index (χ0n) is 10.1. The Morgan fingerprint density at radius 2 is 2.00 bits per heavy atom. The summed E-state index contributed by atoms with van der Waals surface area (Å²) in [6.07, 6.45) is 1.57. The monoisotopic (exact) mass is 256 g/mol. The van der Waals surface area contributed by atoms with Gasteiger partial charge in [0.1, 0.15) is 5.82 Å². The van der Waals surface area contributed by atoms with Crippen LogP contribution in [0.2, 0.25) is 0 Å². The number of carbonyl (C=O) groups excluding carboxylic acids is 2. The normalized spacial score (nSPS) is 14.3. The molecule has 0 atom stereocenters. The molecule has 1 aliphatic rings. The number of aromatic nitrogens is 2. The van der Waals surface area contributed by atoms with Crippen molar-refractivity contribution in [3.8, 4) is 0 Å². The van der Waals surface area contributed by atoms with Gasteiger partial charge in [0.05, 0.1) is 19.4 Å². The number of hydrogen-bond donors (Lipinski definition) is 2. The molecule has 0 aliphatic carbocycles. The van der Waals surface area contributed by atoms with Crippen LogP contribution in [0.4, 0.5) is 10.6 Å². The molecule has 3 rings (SSSR count). The molecule has 1 aromatic carbocycles. The second-order valence-corrected chi connectivity index (χ2v) is 4.29. The van der Waals surface area contributed by atoms with Gasteiger partial charge in [0, 0.05) is 0 Å². The van der Waals surface area contributed by atoms with Gasteiger partial charge in [0.15, 0.2) is 5.69 Å². The molecule has 2 amide bonds. The SMILES string of the molecule is O=C1NCC(=O)c2ncn(Cc3ccccc3)c2N1. The van der Waals surface area contributed by atoms with Crippen LogP contribution in [0.5, 0.6) is 0 Å². The number of benzene rings is 1. The molecule has 96 valence electrons. The Hall–Kier alpha value is -2.63. The van der Waals surface area contributed by atoms with E-state index in [2.05, 4.69) is 15.6 Å². The van der Waals surface area contributed by atoms with Gasteiger partial charge in [0.25, 0.3) is 0 Å². The number of urea groups is 1. The predicted octanol–water partition coefficient (Wildman–Crippen LogP) is 1.25. The molecule has 0 bridgehead atoms. The quantitative estimate of drug-likeness (QED) is 0.849. The second-order valence-electron chi connectivity index (χ2n) is 4.29. The van der Waals surface area contributed by atoms with E-state index in [9.17, 15) is 9.59 Å². The molecule has 6 nitrogen and oxygen atoms in total. The molecular formula is C13H12N4O2. The Bertz CT molecular complexity index is 633. The molecular weight excluding hydrogens is 244 g/mol. The third kappa shape index (κ3) is 2.20. The summed E-state index contributed by atoms with van der Waals surface area (Å²) in [5.74, 6) is 0.254. The van der Waals surface area contributed by atoms with Gasteiger partial charge in [0.2, 0.25) is 5.78 Å². The van der Waals surface area contributed by atoms with Crippen molar-refractivity contribution < 1.29 is 9.59 Å². The number of amides is 2. The van der Waals surface area contributed by atoms with Gasteiger partial charge < -0.3 is 9.88 Å². The highest BCUT2D eigenvalue weighted by Crippen LogP contribution is 2.18. The minimum atomic E-state index is -0.387. The molecule has 0 radical (unpaired) electrons. The first-order chi connectivity index (χ1) is 9.24. The largest absolute Gasteiger partial charge is 0.330 e. The minimum Gasteiger partial charge on any atom is -0.330 e. The predicted molar refractivity (Wildman–Crippen MR) is 69.1 cm³/mol. The van der Waals surface area contributed by atoms with Crippen LogP contribution in [0.1, 0.15) is 16.1 Å². The number of ketones is 1. The lowest BCUT2D eigenvalue weighted by molar-refractivity contribution is 0.0991. The lowest BCUT2D eigenvalue weighted by atomic mass is 10.2. The number of rotatable bonds is 2. The maximum absolute atomic E-state index is 11.8. The Morgan fingerprint density at radius 1 is 1.21 bits per heavy atom. The van der Waals surface area contributed by atoms with E-state index in [1.807, 2.05) is 30.3 Å². The third-order valence-electron chi connectivity index (χ3n) is 2.94.